The molecular weight excluding hydrogens is 259 g/mol. The van der Waals surface area contributed by atoms with E-state index in [2.05, 4.69) is 5.32 Å². The average Bonchev–Trinajstić information content (AvgIpc) is 2.43. The molecule has 0 aliphatic heterocycles. The highest BCUT2D eigenvalue weighted by Crippen LogP contribution is 2.18. The Hall–Kier alpha value is -1.62. The van der Waals surface area contributed by atoms with Crippen LogP contribution < -0.4 is 10.2 Å². The molecule has 4 nitrogen and oxygen atoms in total. The van der Waals surface area contributed by atoms with E-state index in [1.165, 1.54) is 12.1 Å². The molecule has 0 bridgehead atoms. The van der Waals surface area contributed by atoms with Crippen LogP contribution in [0.4, 0.5) is 10.1 Å². The summed E-state index contributed by atoms with van der Waals surface area (Å²) >= 11 is 0. The second-order valence-corrected chi connectivity index (χ2v) is 5.05. The van der Waals surface area contributed by atoms with Gasteiger partial charge in [-0.05, 0) is 51.1 Å². The van der Waals surface area contributed by atoms with Crippen LogP contribution >= 0.6 is 0 Å². The van der Waals surface area contributed by atoms with Crippen molar-refractivity contribution in [2.45, 2.75) is 32.7 Å². The van der Waals surface area contributed by atoms with Gasteiger partial charge >= 0.3 is 5.97 Å². The molecule has 1 rings (SSSR count). The number of nitrogens with one attached hydrogen (secondary N) is 1. The summed E-state index contributed by atoms with van der Waals surface area (Å²) in [7, 11) is 0. The highest BCUT2D eigenvalue weighted by Gasteiger charge is 2.34. The summed E-state index contributed by atoms with van der Waals surface area (Å²) in [5.41, 5.74) is -0.208. The fourth-order valence-corrected chi connectivity index (χ4v) is 2.02. The van der Waals surface area contributed by atoms with Crippen molar-refractivity contribution in [3.63, 3.8) is 0 Å². The number of anilines is 1. The molecule has 0 aliphatic rings. The van der Waals surface area contributed by atoms with Crippen LogP contribution in [0.1, 0.15) is 27.2 Å². The van der Waals surface area contributed by atoms with E-state index in [-0.39, 0.29) is 5.82 Å². The van der Waals surface area contributed by atoms with E-state index in [9.17, 15) is 14.3 Å². The minimum absolute atomic E-state index is 0.296. The average molecular weight is 282 g/mol. The molecule has 0 amide bonds. The SMILES string of the molecule is CCCNC(C)(CN(CC)c1ccc(F)cc1)C(=O)O. The number of aliphatic carboxylic acids is 1. The van der Waals surface area contributed by atoms with Gasteiger partial charge in [-0.2, -0.15) is 0 Å². The predicted octanol–water partition coefficient (Wildman–Crippen LogP) is 2.49. The van der Waals surface area contributed by atoms with Crippen LogP contribution in [0.2, 0.25) is 0 Å². The molecule has 1 aromatic rings. The largest absolute Gasteiger partial charge is 0.480 e. The van der Waals surface area contributed by atoms with Gasteiger partial charge in [-0.25, -0.2) is 4.39 Å². The zero-order valence-corrected chi connectivity index (χ0v) is 12.3. The fraction of sp³-hybridized carbons (Fsp3) is 0.533. The zero-order valence-electron chi connectivity index (χ0n) is 12.3. The highest BCUT2D eigenvalue weighted by atomic mass is 19.1. The Morgan fingerprint density at radius 1 is 1.35 bits per heavy atom. The zero-order chi connectivity index (χ0) is 15.2. The smallest absolute Gasteiger partial charge is 0.325 e. The number of rotatable bonds is 8. The minimum Gasteiger partial charge on any atom is -0.480 e. The third-order valence-corrected chi connectivity index (χ3v) is 3.32. The van der Waals surface area contributed by atoms with Crippen LogP contribution in [0, 0.1) is 5.82 Å². The van der Waals surface area contributed by atoms with Crippen molar-refractivity contribution in [1.29, 1.82) is 0 Å². The van der Waals surface area contributed by atoms with Crippen molar-refractivity contribution in [2.24, 2.45) is 0 Å². The quantitative estimate of drug-likeness (QED) is 0.769. The molecule has 0 saturated heterocycles. The van der Waals surface area contributed by atoms with Crippen LogP contribution in [0.3, 0.4) is 0 Å². The summed E-state index contributed by atoms with van der Waals surface area (Å²) < 4.78 is 13.0. The second-order valence-electron chi connectivity index (χ2n) is 5.05. The first-order valence-corrected chi connectivity index (χ1v) is 6.92. The second kappa shape index (κ2) is 7.24. The van der Waals surface area contributed by atoms with Crippen molar-refractivity contribution < 1.29 is 14.3 Å². The highest BCUT2D eigenvalue weighted by molar-refractivity contribution is 5.79. The lowest BCUT2D eigenvalue weighted by atomic mass is 10.0. The van der Waals surface area contributed by atoms with E-state index in [1.807, 2.05) is 18.7 Å². The fourth-order valence-electron chi connectivity index (χ4n) is 2.02. The number of halogens is 1. The number of benzene rings is 1. The molecule has 2 N–H and O–H groups in total. The molecule has 0 heterocycles. The maximum atomic E-state index is 13.0. The maximum Gasteiger partial charge on any atom is 0.325 e. The van der Waals surface area contributed by atoms with Gasteiger partial charge < -0.3 is 15.3 Å². The molecule has 0 fully saturated rings. The Morgan fingerprint density at radius 2 is 1.95 bits per heavy atom. The monoisotopic (exact) mass is 282 g/mol. The summed E-state index contributed by atoms with van der Waals surface area (Å²) in [6.07, 6.45) is 0.867. The Bertz CT molecular complexity index is 436. The first-order valence-electron chi connectivity index (χ1n) is 6.92. The third-order valence-electron chi connectivity index (χ3n) is 3.32. The topological polar surface area (TPSA) is 52.6 Å². The summed E-state index contributed by atoms with van der Waals surface area (Å²) in [5.74, 6) is -1.18. The number of carboxylic acid groups (broad SMARTS) is 1. The molecule has 5 heteroatoms. The van der Waals surface area contributed by atoms with Gasteiger partial charge in [0.15, 0.2) is 0 Å². The van der Waals surface area contributed by atoms with Crippen molar-refractivity contribution >= 4 is 11.7 Å². The summed E-state index contributed by atoms with van der Waals surface area (Å²) in [6, 6.07) is 6.10. The van der Waals surface area contributed by atoms with Crippen LogP contribution in [-0.4, -0.2) is 36.2 Å². The molecule has 1 atom stereocenters. The molecule has 0 aromatic heterocycles. The molecule has 20 heavy (non-hydrogen) atoms. The van der Waals surface area contributed by atoms with E-state index in [0.29, 0.717) is 19.6 Å². The summed E-state index contributed by atoms with van der Waals surface area (Å²) in [4.78, 5) is 13.4. The molecule has 0 spiro atoms. The predicted molar refractivity (Wildman–Crippen MR) is 78.6 cm³/mol. The van der Waals surface area contributed by atoms with Gasteiger partial charge in [-0.3, -0.25) is 4.79 Å². The molecule has 0 aliphatic carbocycles. The minimum atomic E-state index is -1.03. The lowest BCUT2D eigenvalue weighted by Gasteiger charge is -2.34. The van der Waals surface area contributed by atoms with Crippen LogP contribution in [-0.2, 0) is 4.79 Å². The Labute approximate surface area is 119 Å². The lowest BCUT2D eigenvalue weighted by molar-refractivity contribution is -0.143. The van der Waals surface area contributed by atoms with E-state index in [0.717, 1.165) is 12.1 Å². The van der Waals surface area contributed by atoms with Crippen LogP contribution in [0.15, 0.2) is 24.3 Å². The Balaban J connectivity index is 2.88. The Kier molecular flexibility index (Phi) is 5.95. The van der Waals surface area contributed by atoms with Gasteiger partial charge in [0.1, 0.15) is 11.4 Å². The van der Waals surface area contributed by atoms with Gasteiger partial charge in [0.05, 0.1) is 0 Å². The standard InChI is InChI=1S/C15H23FN2O2/c1-4-10-17-15(3,14(19)20)11-18(5-2)13-8-6-12(16)7-9-13/h6-9,17H,4-5,10-11H2,1-3H3,(H,19,20). The maximum absolute atomic E-state index is 13.0. The molecule has 112 valence electrons. The third kappa shape index (κ3) is 4.20. The summed E-state index contributed by atoms with van der Waals surface area (Å²) in [6.45, 7) is 7.24. The van der Waals surface area contributed by atoms with Gasteiger partial charge in [0, 0.05) is 18.8 Å². The normalized spacial score (nSPS) is 13.8. The van der Waals surface area contributed by atoms with E-state index in [4.69, 9.17) is 0 Å². The van der Waals surface area contributed by atoms with E-state index >= 15 is 0 Å². The molecule has 1 aromatic carbocycles. The number of hydrogen-bond donors (Lipinski definition) is 2. The number of hydrogen-bond acceptors (Lipinski definition) is 3. The molecular formula is C15H23FN2O2. The molecule has 0 radical (unpaired) electrons. The van der Waals surface area contributed by atoms with Gasteiger partial charge in [-0.15, -0.1) is 0 Å². The molecule has 1 unspecified atom stereocenters. The lowest BCUT2D eigenvalue weighted by Crippen LogP contribution is -2.57. The molecule has 0 saturated carbocycles. The van der Waals surface area contributed by atoms with Crippen molar-refractivity contribution in [3.05, 3.63) is 30.1 Å². The van der Waals surface area contributed by atoms with E-state index in [1.54, 1.807) is 19.1 Å². The van der Waals surface area contributed by atoms with Crippen molar-refractivity contribution in [2.75, 3.05) is 24.5 Å². The first-order chi connectivity index (χ1) is 9.42. The number of carbonyl (C=O) groups is 1. The van der Waals surface area contributed by atoms with Crippen LogP contribution in [0.25, 0.3) is 0 Å². The number of likely N-dealkylation sites (N-methyl/N-ethyl adjacent to an activating group) is 1. The van der Waals surface area contributed by atoms with Crippen LogP contribution in [0.5, 0.6) is 0 Å². The summed E-state index contributed by atoms with van der Waals surface area (Å²) in [5, 5.41) is 12.5. The first kappa shape index (κ1) is 16.4. The number of carboxylic acids is 1. The van der Waals surface area contributed by atoms with Crippen molar-refractivity contribution in [1.82, 2.24) is 5.32 Å². The number of nitrogens with zero attached hydrogens (tertiary/aromatic N) is 1. The van der Waals surface area contributed by atoms with Gasteiger partial charge in [-0.1, -0.05) is 6.92 Å². The Morgan fingerprint density at radius 3 is 2.40 bits per heavy atom. The van der Waals surface area contributed by atoms with Gasteiger partial charge in [0.2, 0.25) is 0 Å². The van der Waals surface area contributed by atoms with Crippen molar-refractivity contribution in [3.8, 4) is 0 Å². The van der Waals surface area contributed by atoms with Gasteiger partial charge in [0.25, 0.3) is 0 Å². The van der Waals surface area contributed by atoms with E-state index < -0.39 is 11.5 Å².